The second-order valence-corrected chi connectivity index (χ2v) is 7.77. The number of halogens is 1. The maximum atomic E-state index is 11.9. The van der Waals surface area contributed by atoms with Crippen LogP contribution in [-0.4, -0.2) is 22.5 Å². The van der Waals surface area contributed by atoms with Crippen molar-refractivity contribution in [3.8, 4) is 11.6 Å². The molecule has 0 saturated heterocycles. The first-order valence-electron chi connectivity index (χ1n) is 7.64. The van der Waals surface area contributed by atoms with Crippen LogP contribution in [0.4, 0.5) is 0 Å². The Bertz CT molecular complexity index is 715. The largest absolute Gasteiger partial charge is 0.461 e. The molecule has 2 rings (SSSR count). The van der Waals surface area contributed by atoms with E-state index in [9.17, 15) is 4.79 Å². The van der Waals surface area contributed by atoms with Crippen LogP contribution in [-0.2, 0) is 4.74 Å². The highest BCUT2D eigenvalue weighted by atomic mass is 79.9. The van der Waals surface area contributed by atoms with Gasteiger partial charge in [-0.05, 0) is 27.3 Å². The van der Waals surface area contributed by atoms with Crippen LogP contribution in [0.5, 0.6) is 0 Å². The number of hydrogen-bond donors (Lipinski definition) is 1. The Hall–Kier alpha value is -1.67. The van der Waals surface area contributed by atoms with Gasteiger partial charge in [-0.25, -0.2) is 14.8 Å². The standard InChI is InChI=1S/C16H22BrN3O4/c1-8(2)6-23-15(21)9-7-22-13(19-9)10-12(17)24-14(20-10)11(18)16(3,4)5/h7-8,11H,6,18H2,1-5H3/t11-/m1/s1. The molecular weight excluding hydrogens is 378 g/mol. The van der Waals surface area contributed by atoms with E-state index in [4.69, 9.17) is 19.3 Å². The van der Waals surface area contributed by atoms with Crippen LogP contribution in [0.25, 0.3) is 11.6 Å². The van der Waals surface area contributed by atoms with Gasteiger partial charge in [-0.3, -0.25) is 0 Å². The maximum Gasteiger partial charge on any atom is 0.360 e. The van der Waals surface area contributed by atoms with Crippen LogP contribution in [0.3, 0.4) is 0 Å². The minimum Gasteiger partial charge on any atom is -0.461 e. The van der Waals surface area contributed by atoms with Crippen molar-refractivity contribution in [3.63, 3.8) is 0 Å². The fraction of sp³-hybridized carbons (Fsp3) is 0.562. The summed E-state index contributed by atoms with van der Waals surface area (Å²) < 4.78 is 16.4. The summed E-state index contributed by atoms with van der Waals surface area (Å²) in [4.78, 5) is 20.4. The van der Waals surface area contributed by atoms with Crippen LogP contribution >= 0.6 is 15.9 Å². The zero-order valence-corrected chi connectivity index (χ0v) is 16.0. The highest BCUT2D eigenvalue weighted by Gasteiger charge is 2.29. The monoisotopic (exact) mass is 399 g/mol. The van der Waals surface area contributed by atoms with Gasteiger partial charge in [0.1, 0.15) is 6.26 Å². The van der Waals surface area contributed by atoms with Gasteiger partial charge in [0, 0.05) is 0 Å². The van der Waals surface area contributed by atoms with Gasteiger partial charge in [0.15, 0.2) is 11.4 Å². The zero-order chi connectivity index (χ0) is 18.1. The normalized spacial score (nSPS) is 13.3. The number of rotatable bonds is 5. The molecule has 0 amide bonds. The highest BCUT2D eigenvalue weighted by Crippen LogP contribution is 2.35. The van der Waals surface area contributed by atoms with Gasteiger partial charge in [-0.1, -0.05) is 34.6 Å². The van der Waals surface area contributed by atoms with Gasteiger partial charge in [-0.15, -0.1) is 0 Å². The number of nitrogens with zero attached hydrogens (tertiary/aromatic N) is 2. The van der Waals surface area contributed by atoms with E-state index in [1.807, 2.05) is 34.6 Å². The van der Waals surface area contributed by atoms with E-state index < -0.39 is 12.0 Å². The van der Waals surface area contributed by atoms with Gasteiger partial charge < -0.3 is 19.3 Å². The first kappa shape index (κ1) is 18.7. The molecule has 2 heterocycles. The van der Waals surface area contributed by atoms with E-state index >= 15 is 0 Å². The van der Waals surface area contributed by atoms with E-state index in [2.05, 4.69) is 25.9 Å². The molecule has 0 fully saturated rings. The van der Waals surface area contributed by atoms with E-state index in [1.165, 1.54) is 6.26 Å². The third-order valence-corrected chi connectivity index (χ3v) is 3.80. The van der Waals surface area contributed by atoms with Gasteiger partial charge in [0.05, 0.1) is 12.6 Å². The summed E-state index contributed by atoms with van der Waals surface area (Å²) >= 11 is 3.28. The second kappa shape index (κ2) is 7.06. The molecule has 0 spiro atoms. The molecule has 24 heavy (non-hydrogen) atoms. The number of hydrogen-bond acceptors (Lipinski definition) is 7. The Labute approximate surface area is 149 Å². The summed E-state index contributed by atoms with van der Waals surface area (Å²) in [6.07, 6.45) is 1.24. The molecule has 0 aliphatic rings. The summed E-state index contributed by atoms with van der Waals surface area (Å²) in [7, 11) is 0. The molecule has 132 valence electrons. The fourth-order valence-corrected chi connectivity index (χ4v) is 2.17. The first-order valence-corrected chi connectivity index (χ1v) is 8.43. The Balaban J connectivity index is 2.21. The average Bonchev–Trinajstić information content (AvgIpc) is 3.09. The molecule has 0 aromatic carbocycles. The molecule has 0 unspecified atom stereocenters. The Morgan fingerprint density at radius 3 is 2.62 bits per heavy atom. The van der Waals surface area contributed by atoms with Crippen LogP contribution in [0, 0.1) is 11.3 Å². The third-order valence-electron chi connectivity index (χ3n) is 3.27. The Morgan fingerprint density at radius 2 is 2.04 bits per heavy atom. The number of ether oxygens (including phenoxy) is 1. The van der Waals surface area contributed by atoms with Crippen molar-refractivity contribution in [1.29, 1.82) is 0 Å². The molecule has 0 saturated carbocycles. The predicted molar refractivity (Wildman–Crippen MR) is 91.2 cm³/mol. The summed E-state index contributed by atoms with van der Waals surface area (Å²) in [6.45, 7) is 10.2. The molecule has 0 aliphatic heterocycles. The molecule has 1 atom stereocenters. The minimum atomic E-state index is -0.537. The number of carbonyl (C=O) groups excluding carboxylic acids is 1. The van der Waals surface area contributed by atoms with Gasteiger partial charge >= 0.3 is 5.97 Å². The molecule has 0 radical (unpaired) electrons. The lowest BCUT2D eigenvalue weighted by atomic mass is 9.87. The number of carbonyl (C=O) groups is 1. The van der Waals surface area contributed by atoms with E-state index in [-0.39, 0.29) is 22.9 Å². The SMILES string of the molecule is CC(C)COC(=O)c1coc(-c2nc([C@@H](N)C(C)(C)C)oc2Br)n1. The molecule has 2 aromatic rings. The quantitative estimate of drug-likeness (QED) is 0.758. The van der Waals surface area contributed by atoms with Crippen molar-refractivity contribution in [1.82, 2.24) is 9.97 Å². The van der Waals surface area contributed by atoms with E-state index in [0.717, 1.165) is 0 Å². The summed E-state index contributed by atoms with van der Waals surface area (Å²) in [6, 6.07) is -0.395. The van der Waals surface area contributed by atoms with E-state index in [0.29, 0.717) is 22.9 Å². The average molecular weight is 400 g/mol. The minimum absolute atomic E-state index is 0.0854. The number of esters is 1. The van der Waals surface area contributed by atoms with Crippen molar-refractivity contribution >= 4 is 21.9 Å². The van der Waals surface area contributed by atoms with Gasteiger partial charge in [-0.2, -0.15) is 0 Å². The molecule has 8 heteroatoms. The summed E-state index contributed by atoms with van der Waals surface area (Å²) in [5.74, 6) is 0.234. The predicted octanol–water partition coefficient (Wildman–Crippen LogP) is 3.95. The summed E-state index contributed by atoms with van der Waals surface area (Å²) in [5, 5.41) is 0. The summed E-state index contributed by atoms with van der Waals surface area (Å²) in [5.41, 5.74) is 6.37. The van der Waals surface area contributed by atoms with Crippen LogP contribution in [0.1, 0.15) is 57.0 Å². The molecule has 0 bridgehead atoms. The zero-order valence-electron chi connectivity index (χ0n) is 14.4. The van der Waals surface area contributed by atoms with E-state index in [1.54, 1.807) is 0 Å². The number of aromatic nitrogens is 2. The fourth-order valence-electron chi connectivity index (χ4n) is 1.75. The second-order valence-electron chi connectivity index (χ2n) is 7.05. The van der Waals surface area contributed by atoms with Crippen molar-refractivity contribution < 1.29 is 18.4 Å². The highest BCUT2D eigenvalue weighted by molar-refractivity contribution is 9.10. The Morgan fingerprint density at radius 1 is 1.38 bits per heavy atom. The van der Waals surface area contributed by atoms with Crippen LogP contribution < -0.4 is 5.73 Å². The third kappa shape index (κ3) is 4.24. The smallest absolute Gasteiger partial charge is 0.360 e. The first-order chi connectivity index (χ1) is 11.1. The lowest BCUT2D eigenvalue weighted by Crippen LogP contribution is -2.26. The molecular formula is C16H22BrN3O4. The van der Waals surface area contributed by atoms with Crippen molar-refractivity contribution in [2.24, 2.45) is 17.1 Å². The van der Waals surface area contributed by atoms with Crippen LogP contribution in [0.2, 0.25) is 0 Å². The molecule has 7 nitrogen and oxygen atoms in total. The maximum absolute atomic E-state index is 11.9. The molecule has 0 aliphatic carbocycles. The van der Waals surface area contributed by atoms with Crippen LogP contribution in [0.15, 0.2) is 19.8 Å². The van der Waals surface area contributed by atoms with Crippen molar-refractivity contribution in [3.05, 3.63) is 22.5 Å². The van der Waals surface area contributed by atoms with Gasteiger partial charge in [0.2, 0.25) is 10.6 Å². The van der Waals surface area contributed by atoms with Crippen molar-refractivity contribution in [2.45, 2.75) is 40.7 Å². The lowest BCUT2D eigenvalue weighted by Gasteiger charge is -2.23. The van der Waals surface area contributed by atoms with Gasteiger partial charge in [0.25, 0.3) is 5.89 Å². The Kier molecular flexibility index (Phi) is 5.49. The molecule has 2 aromatic heterocycles. The number of oxazole rings is 2. The molecule has 2 N–H and O–H groups in total. The number of nitrogens with two attached hydrogens (primary N) is 1. The van der Waals surface area contributed by atoms with Crippen molar-refractivity contribution in [2.75, 3.05) is 6.61 Å². The lowest BCUT2D eigenvalue weighted by molar-refractivity contribution is 0.0452. The topological polar surface area (TPSA) is 104 Å².